The summed E-state index contributed by atoms with van der Waals surface area (Å²) in [7, 11) is 0. The van der Waals surface area contributed by atoms with Crippen LogP contribution in [0.4, 0.5) is 11.4 Å². The molecule has 0 amide bonds. The van der Waals surface area contributed by atoms with Gasteiger partial charge in [0, 0.05) is 18.8 Å². The van der Waals surface area contributed by atoms with Crippen LogP contribution in [0.15, 0.2) is 30.5 Å². The lowest BCUT2D eigenvalue weighted by atomic mass is 10.2. The zero-order valence-corrected chi connectivity index (χ0v) is 11.0. The maximum atomic E-state index is 11.0. The van der Waals surface area contributed by atoms with Crippen molar-refractivity contribution in [2.45, 2.75) is 26.9 Å². The number of hydrogen-bond donors (Lipinski definition) is 1. The Morgan fingerprint density at radius 2 is 2.21 bits per heavy atom. The lowest BCUT2D eigenvalue weighted by molar-refractivity contribution is -0.384. The molecule has 19 heavy (non-hydrogen) atoms. The zero-order valence-electron chi connectivity index (χ0n) is 11.0. The third kappa shape index (κ3) is 2.90. The molecule has 0 fully saturated rings. The van der Waals surface area contributed by atoms with Gasteiger partial charge in [0.15, 0.2) is 0 Å². The average Bonchev–Trinajstić information content (AvgIpc) is 2.83. The van der Waals surface area contributed by atoms with E-state index in [4.69, 9.17) is 0 Å². The molecule has 0 unspecified atom stereocenters. The first-order chi connectivity index (χ1) is 9.11. The summed E-state index contributed by atoms with van der Waals surface area (Å²) in [6.07, 6.45) is 1.73. The quantitative estimate of drug-likeness (QED) is 0.662. The summed E-state index contributed by atoms with van der Waals surface area (Å²) >= 11 is 0. The molecular weight excluding hydrogens is 244 g/mol. The molecule has 1 heterocycles. The fourth-order valence-corrected chi connectivity index (χ4v) is 1.93. The second kappa shape index (κ2) is 5.51. The Balaban J connectivity index is 2.19. The molecule has 2 aromatic rings. The zero-order chi connectivity index (χ0) is 13.8. The molecule has 0 saturated heterocycles. The minimum Gasteiger partial charge on any atom is -0.374 e. The monoisotopic (exact) mass is 260 g/mol. The van der Waals surface area contributed by atoms with Crippen LogP contribution < -0.4 is 5.32 Å². The number of nitrogens with one attached hydrogen (secondary N) is 1. The van der Waals surface area contributed by atoms with Crippen molar-refractivity contribution in [3.63, 3.8) is 0 Å². The van der Waals surface area contributed by atoms with Gasteiger partial charge in [0.05, 0.1) is 17.2 Å². The Morgan fingerprint density at radius 1 is 1.42 bits per heavy atom. The van der Waals surface area contributed by atoms with Crippen LogP contribution in [0.25, 0.3) is 0 Å². The third-order valence-corrected chi connectivity index (χ3v) is 2.91. The molecule has 0 aliphatic heterocycles. The van der Waals surface area contributed by atoms with Crippen molar-refractivity contribution in [2.24, 2.45) is 0 Å². The maximum Gasteiger partial charge on any atom is 0.292 e. The first-order valence-electron chi connectivity index (χ1n) is 6.11. The van der Waals surface area contributed by atoms with Crippen molar-refractivity contribution in [1.82, 2.24) is 9.78 Å². The van der Waals surface area contributed by atoms with E-state index in [9.17, 15) is 10.1 Å². The Labute approximate surface area is 111 Å². The van der Waals surface area contributed by atoms with Crippen molar-refractivity contribution < 1.29 is 4.92 Å². The van der Waals surface area contributed by atoms with Gasteiger partial charge in [-0.15, -0.1) is 0 Å². The summed E-state index contributed by atoms with van der Waals surface area (Å²) in [4.78, 5) is 10.6. The molecule has 0 aliphatic carbocycles. The second-order valence-electron chi connectivity index (χ2n) is 4.27. The molecule has 0 spiro atoms. The van der Waals surface area contributed by atoms with E-state index < -0.39 is 0 Å². The third-order valence-electron chi connectivity index (χ3n) is 2.91. The van der Waals surface area contributed by atoms with Gasteiger partial charge in [-0.05, 0) is 31.5 Å². The van der Waals surface area contributed by atoms with Crippen molar-refractivity contribution in [2.75, 3.05) is 5.32 Å². The Kier molecular flexibility index (Phi) is 3.79. The summed E-state index contributed by atoms with van der Waals surface area (Å²) in [5, 5.41) is 18.2. The van der Waals surface area contributed by atoms with Crippen LogP contribution in [0.3, 0.4) is 0 Å². The smallest absolute Gasteiger partial charge is 0.292 e. The Hall–Kier alpha value is -2.37. The number of nitro benzene ring substituents is 1. The van der Waals surface area contributed by atoms with Gasteiger partial charge in [-0.2, -0.15) is 5.10 Å². The van der Waals surface area contributed by atoms with Crippen molar-refractivity contribution in [3.05, 3.63) is 51.8 Å². The van der Waals surface area contributed by atoms with Gasteiger partial charge in [0.2, 0.25) is 0 Å². The van der Waals surface area contributed by atoms with Gasteiger partial charge in [-0.1, -0.05) is 6.07 Å². The van der Waals surface area contributed by atoms with Crippen LogP contribution >= 0.6 is 0 Å². The van der Waals surface area contributed by atoms with E-state index in [2.05, 4.69) is 10.4 Å². The molecule has 0 aliphatic rings. The van der Waals surface area contributed by atoms with Crippen molar-refractivity contribution in [3.8, 4) is 0 Å². The number of aryl methyl sites for hydroxylation is 2. The largest absolute Gasteiger partial charge is 0.374 e. The van der Waals surface area contributed by atoms with Crippen molar-refractivity contribution >= 4 is 11.4 Å². The lowest BCUT2D eigenvalue weighted by Crippen LogP contribution is -2.09. The molecule has 6 heteroatoms. The molecular formula is C13H16N4O2. The standard InChI is InChI=1S/C13H16N4O2/c1-3-16-11(6-7-15-16)9-14-12-8-10(2)4-5-13(12)17(18)19/h4-8,14H,3,9H2,1-2H3. The highest BCUT2D eigenvalue weighted by atomic mass is 16.6. The van der Waals surface area contributed by atoms with E-state index in [0.29, 0.717) is 12.2 Å². The maximum absolute atomic E-state index is 11.0. The van der Waals surface area contributed by atoms with Gasteiger partial charge in [0.1, 0.15) is 5.69 Å². The number of rotatable bonds is 5. The predicted octanol–water partition coefficient (Wildman–Crippen LogP) is 2.73. The summed E-state index contributed by atoms with van der Waals surface area (Å²) in [6.45, 7) is 5.20. The Bertz CT molecular complexity index is 592. The van der Waals surface area contributed by atoms with E-state index in [1.54, 1.807) is 18.3 Å². The van der Waals surface area contributed by atoms with Crippen LogP contribution in [0.2, 0.25) is 0 Å². The molecule has 0 bridgehead atoms. The minimum absolute atomic E-state index is 0.0909. The first kappa shape index (κ1) is 13.1. The number of hydrogen-bond acceptors (Lipinski definition) is 4. The van der Waals surface area contributed by atoms with E-state index in [-0.39, 0.29) is 10.6 Å². The van der Waals surface area contributed by atoms with Crippen LogP contribution in [0.5, 0.6) is 0 Å². The molecule has 1 N–H and O–H groups in total. The molecule has 0 radical (unpaired) electrons. The molecule has 6 nitrogen and oxygen atoms in total. The van der Waals surface area contributed by atoms with Gasteiger partial charge in [-0.25, -0.2) is 0 Å². The van der Waals surface area contributed by atoms with E-state index in [1.165, 1.54) is 6.07 Å². The highest BCUT2D eigenvalue weighted by molar-refractivity contribution is 5.62. The predicted molar refractivity (Wildman–Crippen MR) is 73.1 cm³/mol. The summed E-state index contributed by atoms with van der Waals surface area (Å²) in [6, 6.07) is 6.94. The number of nitro groups is 1. The number of benzene rings is 1. The SMILES string of the molecule is CCn1nccc1CNc1cc(C)ccc1[N+](=O)[O-]. The highest BCUT2D eigenvalue weighted by Gasteiger charge is 2.13. The first-order valence-corrected chi connectivity index (χ1v) is 6.11. The van der Waals surface area contributed by atoms with Gasteiger partial charge in [-0.3, -0.25) is 14.8 Å². The van der Waals surface area contributed by atoms with Crippen LogP contribution in [0, 0.1) is 17.0 Å². The van der Waals surface area contributed by atoms with Crippen molar-refractivity contribution in [1.29, 1.82) is 0 Å². The molecule has 0 atom stereocenters. The molecule has 1 aromatic carbocycles. The van der Waals surface area contributed by atoms with Gasteiger partial charge < -0.3 is 5.32 Å². The van der Waals surface area contributed by atoms with Crippen LogP contribution in [0.1, 0.15) is 18.2 Å². The average molecular weight is 260 g/mol. The summed E-state index contributed by atoms with van der Waals surface area (Å²) in [5.41, 5.74) is 2.61. The van der Waals surface area contributed by atoms with Gasteiger partial charge >= 0.3 is 0 Å². The second-order valence-corrected chi connectivity index (χ2v) is 4.27. The fraction of sp³-hybridized carbons (Fsp3) is 0.308. The number of nitrogens with zero attached hydrogens (tertiary/aromatic N) is 3. The summed E-state index contributed by atoms with van der Waals surface area (Å²) in [5.74, 6) is 0. The molecule has 2 rings (SSSR count). The highest BCUT2D eigenvalue weighted by Crippen LogP contribution is 2.25. The lowest BCUT2D eigenvalue weighted by Gasteiger charge is -2.09. The minimum atomic E-state index is -0.376. The van der Waals surface area contributed by atoms with Crippen LogP contribution in [-0.2, 0) is 13.1 Å². The topological polar surface area (TPSA) is 73.0 Å². The van der Waals surface area contributed by atoms with E-state index in [1.807, 2.05) is 24.6 Å². The van der Waals surface area contributed by atoms with Crippen LogP contribution in [-0.4, -0.2) is 14.7 Å². The Morgan fingerprint density at radius 3 is 2.89 bits per heavy atom. The molecule has 1 aromatic heterocycles. The normalized spacial score (nSPS) is 10.4. The van der Waals surface area contributed by atoms with E-state index >= 15 is 0 Å². The molecule has 100 valence electrons. The van der Waals surface area contributed by atoms with Gasteiger partial charge in [0.25, 0.3) is 5.69 Å². The fourth-order valence-electron chi connectivity index (χ4n) is 1.93. The number of anilines is 1. The number of aromatic nitrogens is 2. The van der Waals surface area contributed by atoms with E-state index in [0.717, 1.165) is 17.8 Å². The summed E-state index contributed by atoms with van der Waals surface area (Å²) < 4.78 is 1.86. The molecule has 0 saturated carbocycles.